The van der Waals surface area contributed by atoms with Crippen LogP contribution in [0.25, 0.3) is 0 Å². The second-order valence-corrected chi connectivity index (χ2v) is 9.96. The second kappa shape index (κ2) is 9.94. The monoisotopic (exact) mass is 499 g/mol. The van der Waals surface area contributed by atoms with Crippen molar-refractivity contribution in [3.8, 4) is 0 Å². The van der Waals surface area contributed by atoms with Crippen LogP contribution in [0, 0.1) is 11.8 Å². The van der Waals surface area contributed by atoms with Crippen LogP contribution in [0.3, 0.4) is 0 Å². The summed E-state index contributed by atoms with van der Waals surface area (Å²) in [5, 5.41) is 15.9. The highest BCUT2D eigenvalue weighted by molar-refractivity contribution is 9.10. The van der Waals surface area contributed by atoms with Crippen molar-refractivity contribution in [1.29, 1.82) is 0 Å². The number of carbonyl (C=O) groups excluding carboxylic acids is 1. The molecule has 2 aromatic carbocycles. The Balaban J connectivity index is 1.31. The third-order valence-electron chi connectivity index (χ3n) is 5.91. The van der Waals surface area contributed by atoms with E-state index < -0.39 is 0 Å². The molecule has 1 heterocycles. The van der Waals surface area contributed by atoms with Crippen molar-refractivity contribution in [3.05, 3.63) is 75.2 Å². The van der Waals surface area contributed by atoms with E-state index in [1.165, 1.54) is 16.9 Å². The number of amides is 1. The molecule has 162 valence electrons. The highest BCUT2D eigenvalue weighted by Crippen LogP contribution is 2.40. The van der Waals surface area contributed by atoms with E-state index in [1.54, 1.807) is 5.38 Å². The van der Waals surface area contributed by atoms with Crippen molar-refractivity contribution in [2.75, 3.05) is 11.1 Å². The summed E-state index contributed by atoms with van der Waals surface area (Å²) in [5.41, 5.74) is 9.30. The largest absolute Gasteiger partial charge is 0.388 e. The Morgan fingerprint density at radius 1 is 1.26 bits per heavy atom. The lowest BCUT2D eigenvalue weighted by Gasteiger charge is -2.19. The SMILES string of the molecule is Nc1nc(CC(=O)Nc2ccc(C[C@@H]3CC[C@H]([C@H](O)c4ccccc4)C3)cc2Br)cs1. The summed E-state index contributed by atoms with van der Waals surface area (Å²) >= 11 is 4.93. The molecule has 4 rings (SSSR count). The molecule has 4 N–H and O–H groups in total. The third-order valence-corrected chi connectivity index (χ3v) is 7.29. The van der Waals surface area contributed by atoms with Gasteiger partial charge in [0, 0.05) is 9.85 Å². The normalized spacial score (nSPS) is 19.3. The van der Waals surface area contributed by atoms with Gasteiger partial charge < -0.3 is 16.2 Å². The van der Waals surface area contributed by atoms with Crippen molar-refractivity contribution in [1.82, 2.24) is 4.98 Å². The molecular weight excluding hydrogens is 474 g/mol. The van der Waals surface area contributed by atoms with E-state index in [0.29, 0.717) is 22.7 Å². The summed E-state index contributed by atoms with van der Waals surface area (Å²) < 4.78 is 0.870. The highest BCUT2D eigenvalue weighted by atomic mass is 79.9. The molecular formula is C24H26BrN3O2S. The van der Waals surface area contributed by atoms with Crippen molar-refractivity contribution in [3.63, 3.8) is 0 Å². The van der Waals surface area contributed by atoms with Crippen molar-refractivity contribution in [2.24, 2.45) is 11.8 Å². The number of hydrogen-bond donors (Lipinski definition) is 3. The summed E-state index contributed by atoms with van der Waals surface area (Å²) in [5.74, 6) is 0.757. The van der Waals surface area contributed by atoms with Crippen LogP contribution < -0.4 is 11.1 Å². The smallest absolute Gasteiger partial charge is 0.230 e. The number of hydrogen-bond acceptors (Lipinski definition) is 5. The Bertz CT molecular complexity index is 1040. The van der Waals surface area contributed by atoms with E-state index in [0.717, 1.165) is 41.4 Å². The standard InChI is InChI=1S/C24H26BrN3O2S/c25-20-12-16(7-9-21(20)28-22(29)13-19-14-31-24(26)27-19)10-15-6-8-18(11-15)23(30)17-4-2-1-3-5-17/h1-5,7,9,12,14-15,18,23,30H,6,8,10-11,13H2,(H2,26,27)(H,28,29)/t15-,18-,23+/m0/s1. The first kappa shape index (κ1) is 22.0. The van der Waals surface area contributed by atoms with Gasteiger partial charge in [-0.15, -0.1) is 11.3 Å². The van der Waals surface area contributed by atoms with Gasteiger partial charge in [-0.1, -0.05) is 36.4 Å². The van der Waals surface area contributed by atoms with Gasteiger partial charge in [0.15, 0.2) is 5.13 Å². The Hall–Kier alpha value is -2.22. The van der Waals surface area contributed by atoms with E-state index in [4.69, 9.17) is 5.73 Å². The van der Waals surface area contributed by atoms with Crippen LogP contribution in [0.5, 0.6) is 0 Å². The molecule has 1 aliphatic rings. The molecule has 31 heavy (non-hydrogen) atoms. The van der Waals surface area contributed by atoms with Crippen LogP contribution in [0.2, 0.25) is 0 Å². The minimum atomic E-state index is -0.386. The molecule has 1 aliphatic carbocycles. The van der Waals surface area contributed by atoms with Crippen LogP contribution in [0.1, 0.15) is 42.2 Å². The fraction of sp³-hybridized carbons (Fsp3) is 0.333. The van der Waals surface area contributed by atoms with Gasteiger partial charge in [0.2, 0.25) is 5.91 Å². The molecule has 0 saturated heterocycles. The number of nitrogens with one attached hydrogen (secondary N) is 1. The summed E-state index contributed by atoms with van der Waals surface area (Å²) in [6.45, 7) is 0. The van der Waals surface area contributed by atoms with E-state index in [9.17, 15) is 9.90 Å². The number of nitrogen functional groups attached to an aromatic ring is 1. The minimum absolute atomic E-state index is 0.118. The van der Waals surface area contributed by atoms with Crippen molar-refractivity contribution >= 4 is 44.0 Å². The molecule has 1 amide bonds. The zero-order chi connectivity index (χ0) is 21.8. The molecule has 0 unspecified atom stereocenters. The lowest BCUT2D eigenvalue weighted by molar-refractivity contribution is -0.115. The molecule has 0 radical (unpaired) electrons. The van der Waals surface area contributed by atoms with Crippen molar-refractivity contribution in [2.45, 2.75) is 38.2 Å². The Morgan fingerprint density at radius 2 is 2.06 bits per heavy atom. The fourth-order valence-electron chi connectivity index (χ4n) is 4.39. The molecule has 1 fully saturated rings. The zero-order valence-electron chi connectivity index (χ0n) is 17.1. The van der Waals surface area contributed by atoms with E-state index in [-0.39, 0.29) is 18.4 Å². The van der Waals surface area contributed by atoms with Gasteiger partial charge in [0.1, 0.15) is 0 Å². The number of halogens is 1. The van der Waals surface area contributed by atoms with Crippen LogP contribution in [-0.4, -0.2) is 16.0 Å². The number of aliphatic hydroxyl groups is 1. The molecule has 0 spiro atoms. The van der Waals surface area contributed by atoms with Crippen LogP contribution in [0.15, 0.2) is 58.4 Å². The average molecular weight is 500 g/mol. The average Bonchev–Trinajstić information content (AvgIpc) is 3.39. The zero-order valence-corrected chi connectivity index (χ0v) is 19.5. The number of anilines is 2. The van der Waals surface area contributed by atoms with Gasteiger partial charge in [-0.05, 0) is 76.7 Å². The molecule has 3 atom stereocenters. The Morgan fingerprint density at radius 3 is 2.77 bits per heavy atom. The van der Waals surface area contributed by atoms with Gasteiger partial charge >= 0.3 is 0 Å². The molecule has 7 heteroatoms. The molecule has 5 nitrogen and oxygen atoms in total. The maximum Gasteiger partial charge on any atom is 0.230 e. The number of nitrogens with zero attached hydrogens (tertiary/aromatic N) is 1. The van der Waals surface area contributed by atoms with Gasteiger partial charge in [-0.2, -0.15) is 0 Å². The predicted molar refractivity (Wildman–Crippen MR) is 129 cm³/mol. The Kier molecular flexibility index (Phi) is 7.05. The first-order valence-corrected chi connectivity index (χ1v) is 12.2. The van der Waals surface area contributed by atoms with Gasteiger partial charge in [0.25, 0.3) is 0 Å². The van der Waals surface area contributed by atoms with Crippen LogP contribution >= 0.6 is 27.3 Å². The van der Waals surface area contributed by atoms with E-state index >= 15 is 0 Å². The summed E-state index contributed by atoms with van der Waals surface area (Å²) in [6.07, 6.45) is 4.00. The number of thiazole rings is 1. The maximum atomic E-state index is 12.3. The quantitative estimate of drug-likeness (QED) is 0.408. The van der Waals surface area contributed by atoms with Gasteiger partial charge in [0.05, 0.1) is 23.9 Å². The number of nitrogens with two attached hydrogens (primary N) is 1. The first-order chi connectivity index (χ1) is 15.0. The third kappa shape index (κ3) is 5.73. The Labute approximate surface area is 194 Å². The molecule has 3 aromatic rings. The van der Waals surface area contributed by atoms with Crippen LogP contribution in [0.4, 0.5) is 10.8 Å². The second-order valence-electron chi connectivity index (χ2n) is 8.22. The summed E-state index contributed by atoms with van der Waals surface area (Å²) in [4.78, 5) is 16.4. The number of carbonyl (C=O) groups is 1. The number of aromatic nitrogens is 1. The highest BCUT2D eigenvalue weighted by Gasteiger charge is 2.30. The topological polar surface area (TPSA) is 88.2 Å². The number of rotatable bonds is 7. The van der Waals surface area contributed by atoms with E-state index in [1.807, 2.05) is 36.4 Å². The van der Waals surface area contributed by atoms with Crippen molar-refractivity contribution < 1.29 is 9.90 Å². The van der Waals surface area contributed by atoms with Gasteiger partial charge in [-0.25, -0.2) is 4.98 Å². The number of aliphatic hydroxyl groups excluding tert-OH is 1. The fourth-order valence-corrected chi connectivity index (χ4v) is 5.48. The molecule has 1 saturated carbocycles. The lowest BCUT2D eigenvalue weighted by atomic mass is 9.91. The minimum Gasteiger partial charge on any atom is -0.388 e. The molecule has 0 bridgehead atoms. The summed E-state index contributed by atoms with van der Waals surface area (Å²) in [6, 6.07) is 16.0. The molecule has 1 aromatic heterocycles. The maximum absolute atomic E-state index is 12.3. The molecule has 0 aliphatic heterocycles. The summed E-state index contributed by atoms with van der Waals surface area (Å²) in [7, 11) is 0. The van der Waals surface area contributed by atoms with Gasteiger partial charge in [-0.3, -0.25) is 4.79 Å². The first-order valence-electron chi connectivity index (χ1n) is 10.5. The lowest BCUT2D eigenvalue weighted by Crippen LogP contribution is -2.15. The van der Waals surface area contributed by atoms with E-state index in [2.05, 4.69) is 38.4 Å². The van der Waals surface area contributed by atoms with Crippen LogP contribution in [-0.2, 0) is 17.6 Å². The predicted octanol–water partition coefficient (Wildman–Crippen LogP) is 5.36. The number of benzene rings is 2.